The van der Waals surface area contributed by atoms with Gasteiger partial charge in [0.15, 0.2) is 16.1 Å². The van der Waals surface area contributed by atoms with Crippen LogP contribution in [-0.2, 0) is 0 Å². The van der Waals surface area contributed by atoms with E-state index < -0.39 is 16.1 Å². The molecule has 13 aromatic rings. The summed E-state index contributed by atoms with van der Waals surface area (Å²) in [5.74, 6) is 0. The monoisotopic (exact) mass is 950 g/mol. The highest BCUT2D eigenvalue weighted by atomic mass is 28.3. The van der Waals surface area contributed by atoms with Gasteiger partial charge < -0.3 is 0 Å². The van der Waals surface area contributed by atoms with Crippen molar-refractivity contribution < 1.29 is 0 Å². The van der Waals surface area contributed by atoms with Gasteiger partial charge in [0.2, 0.25) is 0 Å². The van der Waals surface area contributed by atoms with Crippen LogP contribution < -0.4 is 41.5 Å². The first kappa shape index (κ1) is 43.1. The van der Waals surface area contributed by atoms with E-state index in [1.807, 2.05) is 24.5 Å². The van der Waals surface area contributed by atoms with Crippen molar-refractivity contribution in [2.24, 2.45) is 0 Å². The van der Waals surface area contributed by atoms with Crippen LogP contribution >= 0.6 is 0 Å². The van der Waals surface area contributed by atoms with E-state index >= 15 is 0 Å². The van der Waals surface area contributed by atoms with Gasteiger partial charge in [-0.1, -0.05) is 243 Å². The zero-order valence-corrected chi connectivity index (χ0v) is 41.3. The SMILES string of the molecule is c1ccc([Si](c2ccccc2)(c2ccccc2)c2cc(-c3cccc4cccnc34)nc3c2ccc2c([Si](c4ccccc4)(c4ccccc4)c4ccccc4)cc(-c4cccc5cccnc45)nc23)cc1. The first-order valence-corrected chi connectivity index (χ1v) is 28.5. The molecule has 72 heavy (non-hydrogen) atoms. The Labute approximate surface area is 420 Å². The van der Waals surface area contributed by atoms with Gasteiger partial charge in [0, 0.05) is 45.1 Å². The summed E-state index contributed by atoms with van der Waals surface area (Å²) in [5, 5.41) is 14.4. The number of fused-ring (bicyclic) bond motifs is 5. The van der Waals surface area contributed by atoms with Gasteiger partial charge in [-0.3, -0.25) is 9.97 Å². The summed E-state index contributed by atoms with van der Waals surface area (Å²) in [6.45, 7) is 0. The number of hydrogen-bond donors (Lipinski definition) is 0. The molecule has 0 atom stereocenters. The lowest BCUT2D eigenvalue weighted by molar-refractivity contribution is 1.35. The zero-order valence-electron chi connectivity index (χ0n) is 39.3. The Morgan fingerprint density at radius 1 is 0.250 bits per heavy atom. The standard InChI is InChI=1S/C66H46N4Si2/c1-7-27-49(28-8-1)71(50-29-9-2-10-30-50,51-31-11-3-12-32-51)61-45-59(55-39-19-23-47-25-21-43-67-63(47)55)69-65-57(61)41-42-58-62(46-60(70-66(58)65)56-40-20-24-48-26-22-44-68-64(48)56)72(52-33-13-4-14-34-52,53-35-15-5-16-36-53)54-37-17-6-18-38-54/h1-46H. The fourth-order valence-corrected chi connectivity index (χ4v) is 21.5. The van der Waals surface area contributed by atoms with E-state index in [1.54, 1.807) is 0 Å². The number of rotatable bonds is 10. The van der Waals surface area contributed by atoms with Gasteiger partial charge >= 0.3 is 0 Å². The molecular weight excluding hydrogens is 905 g/mol. The van der Waals surface area contributed by atoms with E-state index in [-0.39, 0.29) is 0 Å². The van der Waals surface area contributed by atoms with Crippen molar-refractivity contribution >= 4 is 101 Å². The number of aromatic nitrogens is 4. The summed E-state index contributed by atoms with van der Waals surface area (Å²) in [5.41, 5.74) is 7.16. The van der Waals surface area contributed by atoms with Crippen LogP contribution in [0.4, 0.5) is 0 Å². The minimum atomic E-state index is -3.19. The molecule has 0 bridgehead atoms. The van der Waals surface area contributed by atoms with Gasteiger partial charge in [-0.25, -0.2) is 9.97 Å². The summed E-state index contributed by atoms with van der Waals surface area (Å²) >= 11 is 0. The number of para-hydroxylation sites is 2. The Bertz CT molecular complexity index is 3610. The van der Waals surface area contributed by atoms with E-state index in [1.165, 1.54) is 41.5 Å². The van der Waals surface area contributed by atoms with E-state index in [9.17, 15) is 0 Å². The molecule has 0 radical (unpaired) electrons. The summed E-state index contributed by atoms with van der Waals surface area (Å²) in [6.07, 6.45) is 3.78. The number of benzene rings is 9. The summed E-state index contributed by atoms with van der Waals surface area (Å²) < 4.78 is 0. The normalized spacial score (nSPS) is 11.9. The molecule has 4 aromatic heterocycles. The average Bonchev–Trinajstić information content (AvgIpc) is 3.47. The van der Waals surface area contributed by atoms with Crippen molar-refractivity contribution in [3.63, 3.8) is 0 Å². The van der Waals surface area contributed by atoms with Crippen LogP contribution in [0.3, 0.4) is 0 Å². The van der Waals surface area contributed by atoms with Crippen LogP contribution in [-0.4, -0.2) is 36.1 Å². The maximum absolute atomic E-state index is 5.94. The third-order valence-corrected chi connectivity index (χ3v) is 24.3. The maximum Gasteiger partial charge on any atom is 0.180 e. The van der Waals surface area contributed by atoms with E-state index in [4.69, 9.17) is 19.9 Å². The van der Waals surface area contributed by atoms with Gasteiger partial charge in [-0.15, -0.1) is 0 Å². The Morgan fingerprint density at radius 3 is 0.847 bits per heavy atom. The molecule has 4 nitrogen and oxygen atoms in total. The molecule has 0 unspecified atom stereocenters. The number of pyridine rings is 4. The quantitative estimate of drug-likeness (QED) is 0.0779. The summed E-state index contributed by atoms with van der Waals surface area (Å²) in [7, 11) is -6.39. The number of nitrogens with zero attached hydrogens (tertiary/aromatic N) is 4. The van der Waals surface area contributed by atoms with Crippen molar-refractivity contribution in [2.45, 2.75) is 0 Å². The average molecular weight is 951 g/mol. The van der Waals surface area contributed by atoms with Crippen molar-refractivity contribution in [1.82, 2.24) is 19.9 Å². The molecule has 4 heterocycles. The van der Waals surface area contributed by atoms with Gasteiger partial charge in [0.25, 0.3) is 0 Å². The van der Waals surface area contributed by atoms with E-state index in [0.29, 0.717) is 0 Å². The molecule has 0 aliphatic heterocycles. The largest absolute Gasteiger partial charge is 0.256 e. The third-order valence-electron chi connectivity index (χ3n) is 14.6. The van der Waals surface area contributed by atoms with Gasteiger partial charge in [0.1, 0.15) is 0 Å². The Balaban J connectivity index is 1.27. The molecule has 6 heteroatoms. The lowest BCUT2D eigenvalue weighted by atomic mass is 10.0. The smallest absolute Gasteiger partial charge is 0.180 e. The van der Waals surface area contributed by atoms with Gasteiger partial charge in [-0.05, 0) is 65.8 Å². The molecule has 0 aliphatic carbocycles. The van der Waals surface area contributed by atoms with Crippen molar-refractivity contribution in [3.8, 4) is 22.5 Å². The molecule has 0 aliphatic rings. The van der Waals surface area contributed by atoms with Crippen LogP contribution in [0.1, 0.15) is 0 Å². The highest BCUT2D eigenvalue weighted by Gasteiger charge is 2.45. The first-order valence-electron chi connectivity index (χ1n) is 24.5. The maximum atomic E-state index is 5.94. The second kappa shape index (κ2) is 18.1. The van der Waals surface area contributed by atoms with Crippen molar-refractivity contribution in [2.75, 3.05) is 0 Å². The second-order valence-corrected chi connectivity index (χ2v) is 26.0. The minimum Gasteiger partial charge on any atom is -0.256 e. The van der Waals surface area contributed by atoms with E-state index in [2.05, 4.69) is 255 Å². The number of hydrogen-bond acceptors (Lipinski definition) is 4. The molecule has 338 valence electrons. The second-order valence-electron chi connectivity index (χ2n) is 18.4. The highest BCUT2D eigenvalue weighted by molar-refractivity contribution is 7.21. The third kappa shape index (κ3) is 6.95. The molecule has 13 rings (SSSR count). The van der Waals surface area contributed by atoms with Crippen LogP contribution in [0, 0.1) is 0 Å². The molecule has 0 saturated carbocycles. The molecule has 0 N–H and O–H groups in total. The Kier molecular flexibility index (Phi) is 10.8. The van der Waals surface area contributed by atoms with Crippen molar-refractivity contribution in [3.05, 3.63) is 279 Å². The molecule has 0 fully saturated rings. The molecule has 9 aromatic carbocycles. The fourth-order valence-electron chi connectivity index (χ4n) is 11.6. The van der Waals surface area contributed by atoms with Gasteiger partial charge in [-0.2, -0.15) is 0 Å². The predicted molar refractivity (Wildman–Crippen MR) is 306 cm³/mol. The summed E-state index contributed by atoms with van der Waals surface area (Å²) in [4.78, 5) is 22.0. The van der Waals surface area contributed by atoms with Gasteiger partial charge in [0.05, 0.1) is 33.5 Å². The lowest BCUT2D eigenvalue weighted by Gasteiger charge is -2.36. The molecule has 0 saturated heterocycles. The summed E-state index contributed by atoms with van der Waals surface area (Å²) in [6, 6.07) is 97.8. The van der Waals surface area contributed by atoms with Crippen LogP contribution in [0.5, 0.6) is 0 Å². The Hall–Kier alpha value is -8.95. The fraction of sp³-hybridized carbons (Fsp3) is 0. The van der Waals surface area contributed by atoms with Crippen LogP contribution in [0.25, 0.3) is 66.1 Å². The zero-order chi connectivity index (χ0) is 47.9. The van der Waals surface area contributed by atoms with E-state index in [0.717, 1.165) is 66.1 Å². The van der Waals surface area contributed by atoms with Crippen molar-refractivity contribution in [1.29, 1.82) is 0 Å². The highest BCUT2D eigenvalue weighted by Crippen LogP contribution is 2.34. The predicted octanol–water partition coefficient (Wildman–Crippen LogP) is 9.97. The van der Waals surface area contributed by atoms with Crippen LogP contribution in [0.15, 0.2) is 279 Å². The first-order chi connectivity index (χ1) is 35.7. The van der Waals surface area contributed by atoms with Crippen LogP contribution in [0.2, 0.25) is 0 Å². The molecular formula is C66H46N4Si2. The molecule has 0 amide bonds. The molecule has 0 spiro atoms. The Morgan fingerprint density at radius 2 is 0.542 bits per heavy atom. The minimum absolute atomic E-state index is 0.848. The topological polar surface area (TPSA) is 51.6 Å². The lowest BCUT2D eigenvalue weighted by Crippen LogP contribution is -2.75.